The lowest BCUT2D eigenvalue weighted by molar-refractivity contribution is 0.721. The number of nitrogens with zero attached hydrogens (tertiary/aromatic N) is 1. The van der Waals surface area contributed by atoms with Gasteiger partial charge in [-0.25, -0.2) is 4.98 Å². The van der Waals surface area contributed by atoms with Crippen molar-refractivity contribution in [1.29, 1.82) is 0 Å². The van der Waals surface area contributed by atoms with Crippen LogP contribution in [-0.2, 0) is 19.3 Å². The number of hydrogen-bond donors (Lipinski definition) is 1. The Kier molecular flexibility index (Phi) is 5.67. The average molecular weight is 255 g/mol. The second-order valence-electron chi connectivity index (χ2n) is 4.99. The molecule has 1 aromatic heterocycles. The zero-order valence-electron chi connectivity index (χ0n) is 11.6. The third kappa shape index (κ3) is 4.90. The van der Waals surface area contributed by atoms with E-state index in [1.54, 1.807) is 0 Å². The number of rotatable bonds is 8. The van der Waals surface area contributed by atoms with E-state index in [9.17, 15) is 0 Å². The molecule has 1 heterocycles. The topological polar surface area (TPSA) is 28.7 Å². The van der Waals surface area contributed by atoms with E-state index in [1.807, 2.05) is 0 Å². The molecule has 1 radical (unpaired) electrons. The SMILES string of the molecule is [CH2]CCCc1nc(CCCCc2ccccc2)c[nH]1. The van der Waals surface area contributed by atoms with Crippen LogP contribution in [0.15, 0.2) is 36.5 Å². The fourth-order valence-corrected chi connectivity index (χ4v) is 2.23. The lowest BCUT2D eigenvalue weighted by Crippen LogP contribution is -1.91. The molecule has 2 nitrogen and oxygen atoms in total. The highest BCUT2D eigenvalue weighted by Crippen LogP contribution is 2.09. The Bertz CT molecular complexity index is 459. The Balaban J connectivity index is 1.66. The zero-order valence-corrected chi connectivity index (χ0v) is 11.6. The first-order valence-corrected chi connectivity index (χ1v) is 7.25. The molecule has 0 aliphatic carbocycles. The molecule has 0 bridgehead atoms. The quantitative estimate of drug-likeness (QED) is 0.706. The third-order valence-corrected chi connectivity index (χ3v) is 3.34. The van der Waals surface area contributed by atoms with E-state index in [0.717, 1.165) is 31.5 Å². The first kappa shape index (κ1) is 13.9. The Labute approximate surface area is 116 Å². The summed E-state index contributed by atoms with van der Waals surface area (Å²) < 4.78 is 0. The van der Waals surface area contributed by atoms with Crippen LogP contribution < -0.4 is 0 Å². The molecule has 101 valence electrons. The van der Waals surface area contributed by atoms with Gasteiger partial charge in [0.2, 0.25) is 0 Å². The maximum Gasteiger partial charge on any atom is 0.106 e. The number of benzene rings is 1. The molecule has 2 aromatic rings. The first-order chi connectivity index (χ1) is 9.38. The summed E-state index contributed by atoms with van der Waals surface area (Å²) in [6, 6.07) is 10.7. The molecule has 0 atom stereocenters. The van der Waals surface area contributed by atoms with Crippen molar-refractivity contribution in [2.75, 3.05) is 0 Å². The molecule has 0 amide bonds. The molecule has 1 N–H and O–H groups in total. The summed E-state index contributed by atoms with van der Waals surface area (Å²) in [7, 11) is 0. The predicted molar refractivity (Wildman–Crippen MR) is 80.0 cm³/mol. The van der Waals surface area contributed by atoms with Crippen molar-refractivity contribution in [2.45, 2.75) is 44.9 Å². The van der Waals surface area contributed by atoms with Crippen LogP contribution in [-0.4, -0.2) is 9.97 Å². The van der Waals surface area contributed by atoms with Crippen LogP contribution >= 0.6 is 0 Å². The summed E-state index contributed by atoms with van der Waals surface area (Å²) in [5, 5.41) is 0. The monoisotopic (exact) mass is 255 g/mol. The van der Waals surface area contributed by atoms with Gasteiger partial charge in [0, 0.05) is 12.6 Å². The second kappa shape index (κ2) is 7.78. The van der Waals surface area contributed by atoms with Crippen LogP contribution in [0.5, 0.6) is 0 Å². The summed E-state index contributed by atoms with van der Waals surface area (Å²) in [5.41, 5.74) is 2.63. The second-order valence-corrected chi connectivity index (χ2v) is 4.99. The Morgan fingerprint density at radius 3 is 2.53 bits per heavy atom. The van der Waals surface area contributed by atoms with Gasteiger partial charge < -0.3 is 4.98 Å². The molecule has 1 aromatic carbocycles. The van der Waals surface area contributed by atoms with E-state index in [2.05, 4.69) is 53.4 Å². The van der Waals surface area contributed by atoms with Gasteiger partial charge in [-0.3, -0.25) is 0 Å². The highest BCUT2D eigenvalue weighted by Gasteiger charge is 2.01. The molecule has 0 aliphatic heterocycles. The maximum atomic E-state index is 4.61. The number of aromatic amines is 1. The normalized spacial score (nSPS) is 10.8. The van der Waals surface area contributed by atoms with Crippen LogP contribution in [0.4, 0.5) is 0 Å². The molecule has 2 heteroatoms. The van der Waals surface area contributed by atoms with Crippen LogP contribution in [0.1, 0.15) is 42.8 Å². The van der Waals surface area contributed by atoms with Gasteiger partial charge in [0.15, 0.2) is 0 Å². The summed E-state index contributed by atoms with van der Waals surface area (Å²) in [4.78, 5) is 7.87. The molecule has 19 heavy (non-hydrogen) atoms. The minimum Gasteiger partial charge on any atom is -0.348 e. The van der Waals surface area contributed by atoms with Gasteiger partial charge in [-0.05, 0) is 37.7 Å². The fourth-order valence-electron chi connectivity index (χ4n) is 2.23. The van der Waals surface area contributed by atoms with E-state index in [0.29, 0.717) is 0 Å². The van der Waals surface area contributed by atoms with Crippen LogP contribution in [0.3, 0.4) is 0 Å². The molecule has 0 saturated carbocycles. The Morgan fingerprint density at radius 2 is 1.74 bits per heavy atom. The van der Waals surface area contributed by atoms with Gasteiger partial charge >= 0.3 is 0 Å². The van der Waals surface area contributed by atoms with Gasteiger partial charge in [0.25, 0.3) is 0 Å². The van der Waals surface area contributed by atoms with Crippen LogP contribution in [0.25, 0.3) is 0 Å². The molecule has 0 unspecified atom stereocenters. The highest BCUT2D eigenvalue weighted by molar-refractivity contribution is 5.14. The molecule has 0 spiro atoms. The van der Waals surface area contributed by atoms with Gasteiger partial charge in [0.05, 0.1) is 5.69 Å². The van der Waals surface area contributed by atoms with Crippen molar-refractivity contribution < 1.29 is 0 Å². The number of imidazole rings is 1. The van der Waals surface area contributed by atoms with Crippen molar-refractivity contribution in [3.63, 3.8) is 0 Å². The van der Waals surface area contributed by atoms with Gasteiger partial charge in [-0.2, -0.15) is 0 Å². The number of hydrogen-bond acceptors (Lipinski definition) is 1. The number of H-pyrrole nitrogens is 1. The van der Waals surface area contributed by atoms with Gasteiger partial charge in [0.1, 0.15) is 5.82 Å². The Hall–Kier alpha value is -1.57. The van der Waals surface area contributed by atoms with E-state index >= 15 is 0 Å². The number of aryl methyl sites for hydroxylation is 3. The summed E-state index contributed by atoms with van der Waals surface area (Å²) >= 11 is 0. The van der Waals surface area contributed by atoms with Crippen molar-refractivity contribution in [3.05, 3.63) is 60.5 Å². The van der Waals surface area contributed by atoms with Crippen molar-refractivity contribution >= 4 is 0 Å². The van der Waals surface area contributed by atoms with E-state index < -0.39 is 0 Å². The summed E-state index contributed by atoms with van der Waals surface area (Å²) in [5.74, 6) is 1.11. The standard InChI is InChI=1S/C17H23N2/c1-2-3-13-17-18-14-16(19-17)12-8-7-11-15-9-5-4-6-10-15/h4-6,9-10,14H,1-3,7-8,11-13H2,(H,18,19). The average Bonchev–Trinajstić information content (AvgIpc) is 2.90. The molecule has 0 saturated heterocycles. The highest BCUT2D eigenvalue weighted by atomic mass is 14.9. The maximum absolute atomic E-state index is 4.61. The van der Waals surface area contributed by atoms with Crippen molar-refractivity contribution in [2.24, 2.45) is 0 Å². The van der Waals surface area contributed by atoms with Gasteiger partial charge in [-0.1, -0.05) is 43.7 Å². The van der Waals surface area contributed by atoms with Gasteiger partial charge in [-0.15, -0.1) is 0 Å². The summed E-state index contributed by atoms with van der Waals surface area (Å²) in [6.07, 6.45) is 9.84. The van der Waals surface area contributed by atoms with E-state index in [4.69, 9.17) is 0 Å². The van der Waals surface area contributed by atoms with E-state index in [1.165, 1.54) is 30.5 Å². The zero-order chi connectivity index (χ0) is 13.3. The predicted octanol–water partition coefficient (Wildman–Crippen LogP) is 4.13. The minimum absolute atomic E-state index is 0.979. The molecule has 0 fully saturated rings. The van der Waals surface area contributed by atoms with E-state index in [-0.39, 0.29) is 0 Å². The van der Waals surface area contributed by atoms with Crippen molar-refractivity contribution in [1.82, 2.24) is 9.97 Å². The number of unbranched alkanes of at least 4 members (excludes halogenated alkanes) is 2. The lowest BCUT2D eigenvalue weighted by Gasteiger charge is -2.00. The molecule has 2 rings (SSSR count). The minimum atomic E-state index is 0.979. The van der Waals surface area contributed by atoms with Crippen molar-refractivity contribution in [3.8, 4) is 0 Å². The molecular weight excluding hydrogens is 232 g/mol. The molecular formula is C17H23N2. The lowest BCUT2D eigenvalue weighted by atomic mass is 10.1. The smallest absolute Gasteiger partial charge is 0.106 e. The fraction of sp³-hybridized carbons (Fsp3) is 0.412. The van der Waals surface area contributed by atoms with Crippen LogP contribution in [0.2, 0.25) is 0 Å². The number of aromatic nitrogens is 2. The molecule has 0 aliphatic rings. The third-order valence-electron chi connectivity index (χ3n) is 3.34. The summed E-state index contributed by atoms with van der Waals surface area (Å²) in [6.45, 7) is 3.86. The Morgan fingerprint density at radius 1 is 0.947 bits per heavy atom. The largest absolute Gasteiger partial charge is 0.348 e. The number of nitrogens with one attached hydrogen (secondary N) is 1. The van der Waals surface area contributed by atoms with Crippen LogP contribution in [0, 0.1) is 6.92 Å². The first-order valence-electron chi connectivity index (χ1n) is 7.25.